The number of nitrogens with zero attached hydrogens (tertiary/aromatic N) is 3. The lowest BCUT2D eigenvalue weighted by atomic mass is 10.2. The third kappa shape index (κ3) is 2.26. The first kappa shape index (κ1) is 11.6. The van der Waals surface area contributed by atoms with Crippen molar-refractivity contribution >= 4 is 27.7 Å². The van der Waals surface area contributed by atoms with Crippen molar-refractivity contribution in [1.82, 2.24) is 9.97 Å². The third-order valence-corrected chi connectivity index (χ3v) is 3.01. The molecule has 0 radical (unpaired) electrons. The molecule has 2 heterocycles. The SMILES string of the molecule is Nc1ncc(Br)c(N2CCOCC2CO)n1. The Kier molecular flexibility index (Phi) is 3.57. The summed E-state index contributed by atoms with van der Waals surface area (Å²) in [7, 11) is 0. The van der Waals surface area contributed by atoms with Crippen LogP contribution >= 0.6 is 15.9 Å². The zero-order valence-electron chi connectivity index (χ0n) is 8.64. The lowest BCUT2D eigenvalue weighted by Gasteiger charge is -2.35. The minimum absolute atomic E-state index is 0.0242. The van der Waals surface area contributed by atoms with Gasteiger partial charge in [0.25, 0.3) is 0 Å². The first-order valence-corrected chi connectivity index (χ1v) is 5.75. The number of anilines is 2. The highest BCUT2D eigenvalue weighted by Crippen LogP contribution is 2.26. The van der Waals surface area contributed by atoms with E-state index in [0.29, 0.717) is 25.6 Å². The van der Waals surface area contributed by atoms with E-state index in [1.54, 1.807) is 6.20 Å². The van der Waals surface area contributed by atoms with Crippen LogP contribution in [-0.2, 0) is 4.74 Å². The van der Waals surface area contributed by atoms with E-state index in [-0.39, 0.29) is 18.6 Å². The molecule has 16 heavy (non-hydrogen) atoms. The van der Waals surface area contributed by atoms with Crippen molar-refractivity contribution in [3.05, 3.63) is 10.7 Å². The Bertz CT molecular complexity index is 377. The second-order valence-corrected chi connectivity index (χ2v) is 4.36. The number of aliphatic hydroxyl groups excluding tert-OH is 1. The lowest BCUT2D eigenvalue weighted by molar-refractivity contribution is 0.0722. The Balaban J connectivity index is 2.30. The van der Waals surface area contributed by atoms with Gasteiger partial charge in [0.05, 0.1) is 30.3 Å². The molecular weight excluding hydrogens is 276 g/mol. The first-order chi connectivity index (χ1) is 7.72. The molecule has 0 saturated carbocycles. The Morgan fingerprint density at radius 2 is 2.50 bits per heavy atom. The maximum absolute atomic E-state index is 9.27. The monoisotopic (exact) mass is 288 g/mol. The van der Waals surface area contributed by atoms with Crippen LogP contribution in [0.15, 0.2) is 10.7 Å². The second-order valence-electron chi connectivity index (χ2n) is 3.50. The third-order valence-electron chi connectivity index (χ3n) is 2.45. The number of morpholine rings is 1. The van der Waals surface area contributed by atoms with E-state index in [9.17, 15) is 5.11 Å². The number of halogens is 1. The molecule has 1 aromatic rings. The molecule has 0 amide bonds. The quantitative estimate of drug-likeness (QED) is 0.798. The van der Waals surface area contributed by atoms with Gasteiger partial charge in [-0.25, -0.2) is 4.98 Å². The van der Waals surface area contributed by atoms with Gasteiger partial charge in [-0.3, -0.25) is 0 Å². The highest BCUT2D eigenvalue weighted by molar-refractivity contribution is 9.10. The Morgan fingerprint density at radius 3 is 3.25 bits per heavy atom. The van der Waals surface area contributed by atoms with Gasteiger partial charge in [0, 0.05) is 12.7 Å². The van der Waals surface area contributed by atoms with Gasteiger partial charge in [-0.05, 0) is 15.9 Å². The predicted octanol–water partition coefficient (Wildman–Crippen LogP) is 0.0188. The molecule has 1 atom stereocenters. The molecule has 1 aliphatic rings. The number of ether oxygens (including phenoxy) is 1. The van der Waals surface area contributed by atoms with Crippen molar-refractivity contribution in [2.24, 2.45) is 0 Å². The summed E-state index contributed by atoms with van der Waals surface area (Å²) in [4.78, 5) is 10.0. The maximum atomic E-state index is 9.27. The van der Waals surface area contributed by atoms with Gasteiger partial charge in [0.15, 0.2) is 0 Å². The minimum atomic E-state index is -0.0839. The predicted molar refractivity (Wildman–Crippen MR) is 63.2 cm³/mol. The summed E-state index contributed by atoms with van der Waals surface area (Å²) in [6.07, 6.45) is 1.61. The molecule has 6 nitrogen and oxygen atoms in total. The van der Waals surface area contributed by atoms with Crippen LogP contribution in [0.4, 0.5) is 11.8 Å². The summed E-state index contributed by atoms with van der Waals surface area (Å²) < 4.78 is 6.07. The number of hydrogen-bond acceptors (Lipinski definition) is 6. The molecule has 0 bridgehead atoms. The molecule has 88 valence electrons. The summed E-state index contributed by atoms with van der Waals surface area (Å²) in [5, 5.41) is 9.27. The van der Waals surface area contributed by atoms with Crippen molar-refractivity contribution in [1.29, 1.82) is 0 Å². The van der Waals surface area contributed by atoms with E-state index < -0.39 is 0 Å². The van der Waals surface area contributed by atoms with Gasteiger partial charge in [0.1, 0.15) is 5.82 Å². The standard InChI is InChI=1S/C9H13BrN4O2/c10-7-3-12-9(11)13-8(7)14-1-2-16-5-6(14)4-15/h3,6,15H,1-2,4-5H2,(H2,11,12,13). The summed E-state index contributed by atoms with van der Waals surface area (Å²) in [5.41, 5.74) is 5.56. The Hall–Kier alpha value is -0.920. The van der Waals surface area contributed by atoms with Crippen molar-refractivity contribution < 1.29 is 9.84 Å². The van der Waals surface area contributed by atoms with Gasteiger partial charge in [-0.15, -0.1) is 0 Å². The van der Waals surface area contributed by atoms with Crippen molar-refractivity contribution in [2.45, 2.75) is 6.04 Å². The average Bonchev–Trinajstić information content (AvgIpc) is 2.32. The zero-order valence-corrected chi connectivity index (χ0v) is 10.2. The summed E-state index contributed by atoms with van der Waals surface area (Å²) in [6, 6.07) is -0.0839. The molecule has 0 aliphatic carbocycles. The van der Waals surface area contributed by atoms with E-state index in [1.165, 1.54) is 0 Å². The molecule has 0 spiro atoms. The largest absolute Gasteiger partial charge is 0.394 e. The van der Waals surface area contributed by atoms with Crippen LogP contribution in [0.5, 0.6) is 0 Å². The van der Waals surface area contributed by atoms with Gasteiger partial charge >= 0.3 is 0 Å². The van der Waals surface area contributed by atoms with Crippen molar-refractivity contribution in [3.8, 4) is 0 Å². The van der Waals surface area contributed by atoms with Crippen LogP contribution in [-0.4, -0.2) is 47.5 Å². The zero-order chi connectivity index (χ0) is 11.5. The fraction of sp³-hybridized carbons (Fsp3) is 0.556. The topological polar surface area (TPSA) is 84.5 Å². The van der Waals surface area contributed by atoms with E-state index in [1.807, 2.05) is 4.90 Å². The number of rotatable bonds is 2. The van der Waals surface area contributed by atoms with E-state index in [0.717, 1.165) is 4.47 Å². The minimum Gasteiger partial charge on any atom is -0.394 e. The number of aliphatic hydroxyl groups is 1. The van der Waals surface area contributed by atoms with Gasteiger partial charge < -0.3 is 20.5 Å². The summed E-state index contributed by atoms with van der Waals surface area (Å²) in [5.74, 6) is 0.927. The average molecular weight is 289 g/mol. The molecule has 2 rings (SSSR count). The molecule has 1 aliphatic heterocycles. The fourth-order valence-electron chi connectivity index (χ4n) is 1.66. The molecule has 1 fully saturated rings. The van der Waals surface area contributed by atoms with Crippen LogP contribution in [0.25, 0.3) is 0 Å². The summed E-state index contributed by atoms with van der Waals surface area (Å²) in [6.45, 7) is 1.82. The number of aromatic nitrogens is 2. The fourth-order valence-corrected chi connectivity index (χ4v) is 2.08. The van der Waals surface area contributed by atoms with Crippen molar-refractivity contribution in [2.75, 3.05) is 37.0 Å². The lowest BCUT2D eigenvalue weighted by Crippen LogP contribution is -2.48. The second kappa shape index (κ2) is 4.94. The molecule has 1 aromatic heterocycles. The van der Waals surface area contributed by atoms with E-state index in [4.69, 9.17) is 10.5 Å². The van der Waals surface area contributed by atoms with Gasteiger partial charge in [0.2, 0.25) is 5.95 Å². The maximum Gasteiger partial charge on any atom is 0.222 e. The van der Waals surface area contributed by atoms with Crippen molar-refractivity contribution in [3.63, 3.8) is 0 Å². The van der Waals surface area contributed by atoms with Crippen LogP contribution in [0.2, 0.25) is 0 Å². The highest BCUT2D eigenvalue weighted by Gasteiger charge is 2.25. The van der Waals surface area contributed by atoms with Crippen LogP contribution in [0, 0.1) is 0 Å². The highest BCUT2D eigenvalue weighted by atomic mass is 79.9. The van der Waals surface area contributed by atoms with E-state index in [2.05, 4.69) is 25.9 Å². The van der Waals surface area contributed by atoms with Crippen LogP contribution < -0.4 is 10.6 Å². The number of nitrogens with two attached hydrogens (primary N) is 1. The molecule has 1 unspecified atom stereocenters. The number of nitrogen functional groups attached to an aromatic ring is 1. The Morgan fingerprint density at radius 1 is 1.69 bits per heavy atom. The van der Waals surface area contributed by atoms with Crippen LogP contribution in [0.3, 0.4) is 0 Å². The first-order valence-electron chi connectivity index (χ1n) is 4.95. The molecule has 3 N–H and O–H groups in total. The molecule has 1 saturated heterocycles. The summed E-state index contributed by atoms with van der Waals surface area (Å²) >= 11 is 3.38. The number of hydrogen-bond donors (Lipinski definition) is 2. The molecular formula is C9H13BrN4O2. The molecule has 7 heteroatoms. The van der Waals surface area contributed by atoms with Crippen LogP contribution in [0.1, 0.15) is 0 Å². The smallest absolute Gasteiger partial charge is 0.222 e. The normalized spacial score (nSPS) is 21.1. The van der Waals surface area contributed by atoms with Gasteiger partial charge in [-0.2, -0.15) is 4.98 Å². The van der Waals surface area contributed by atoms with Gasteiger partial charge in [-0.1, -0.05) is 0 Å². The molecule has 0 aromatic carbocycles. The van der Waals surface area contributed by atoms with E-state index >= 15 is 0 Å². The Labute approximate surface area is 102 Å².